The summed E-state index contributed by atoms with van der Waals surface area (Å²) in [4.78, 5) is 19.5. The minimum Gasteiger partial charge on any atom is -0.381 e. The molecule has 0 aliphatic rings. The van der Waals surface area contributed by atoms with Crippen LogP contribution in [0.25, 0.3) is 0 Å². The summed E-state index contributed by atoms with van der Waals surface area (Å²) < 4.78 is 13.6. The molecule has 0 saturated carbocycles. The molecule has 0 fully saturated rings. The van der Waals surface area contributed by atoms with E-state index in [4.69, 9.17) is 5.73 Å². The van der Waals surface area contributed by atoms with Gasteiger partial charge in [0.15, 0.2) is 11.6 Å². The molecule has 2 heterocycles. The van der Waals surface area contributed by atoms with E-state index in [0.717, 1.165) is 0 Å². The lowest BCUT2D eigenvalue weighted by atomic mass is 10.2. The lowest BCUT2D eigenvalue weighted by Gasteiger charge is -2.08. The number of anilines is 2. The van der Waals surface area contributed by atoms with Gasteiger partial charge in [-0.25, -0.2) is 9.37 Å². The Kier molecular flexibility index (Phi) is 3.18. The maximum atomic E-state index is 13.6. The van der Waals surface area contributed by atoms with Gasteiger partial charge in [-0.15, -0.1) is 0 Å². The third-order valence-electron chi connectivity index (χ3n) is 2.42. The SMILES string of the molecule is Cc1ncccc1NC(=O)c1ccnc(N)c1F. The zero-order valence-electron chi connectivity index (χ0n) is 9.64. The monoisotopic (exact) mass is 246 g/mol. The second kappa shape index (κ2) is 4.79. The van der Waals surface area contributed by atoms with Gasteiger partial charge in [-0.3, -0.25) is 9.78 Å². The molecule has 0 unspecified atom stereocenters. The van der Waals surface area contributed by atoms with Crippen molar-refractivity contribution in [1.29, 1.82) is 0 Å². The number of carbonyl (C=O) groups excluding carboxylic acids is 1. The van der Waals surface area contributed by atoms with E-state index in [0.29, 0.717) is 11.4 Å². The number of aromatic nitrogens is 2. The number of nitrogens with two attached hydrogens (primary N) is 1. The Bertz CT molecular complexity index is 600. The van der Waals surface area contributed by atoms with Crippen LogP contribution in [0, 0.1) is 12.7 Å². The predicted octanol–water partition coefficient (Wildman–Crippen LogP) is 1.76. The van der Waals surface area contributed by atoms with E-state index in [2.05, 4.69) is 15.3 Å². The molecule has 0 saturated heterocycles. The molecule has 92 valence electrons. The number of rotatable bonds is 2. The molecule has 0 aliphatic heterocycles. The highest BCUT2D eigenvalue weighted by atomic mass is 19.1. The molecule has 2 rings (SSSR count). The lowest BCUT2D eigenvalue weighted by Crippen LogP contribution is -2.16. The van der Waals surface area contributed by atoms with E-state index in [1.165, 1.54) is 12.3 Å². The fourth-order valence-corrected chi connectivity index (χ4v) is 1.44. The van der Waals surface area contributed by atoms with Gasteiger partial charge in [-0.1, -0.05) is 0 Å². The van der Waals surface area contributed by atoms with Crippen molar-refractivity contribution in [2.24, 2.45) is 0 Å². The first-order valence-corrected chi connectivity index (χ1v) is 5.22. The number of hydrogen-bond donors (Lipinski definition) is 2. The second-order valence-electron chi connectivity index (χ2n) is 3.65. The van der Waals surface area contributed by atoms with Gasteiger partial charge in [0.05, 0.1) is 16.9 Å². The standard InChI is InChI=1S/C12H11FN4O/c1-7-9(3-2-5-15-7)17-12(18)8-4-6-16-11(14)10(8)13/h2-6H,1H3,(H2,14,16)(H,17,18). The van der Waals surface area contributed by atoms with Crippen LogP contribution in [0.1, 0.15) is 16.1 Å². The fourth-order valence-electron chi connectivity index (χ4n) is 1.44. The van der Waals surface area contributed by atoms with E-state index in [-0.39, 0.29) is 11.4 Å². The van der Waals surface area contributed by atoms with E-state index in [9.17, 15) is 9.18 Å². The van der Waals surface area contributed by atoms with E-state index < -0.39 is 11.7 Å². The number of amides is 1. The largest absolute Gasteiger partial charge is 0.381 e. The van der Waals surface area contributed by atoms with Crippen molar-refractivity contribution in [3.8, 4) is 0 Å². The smallest absolute Gasteiger partial charge is 0.258 e. The van der Waals surface area contributed by atoms with Gasteiger partial charge in [0, 0.05) is 12.4 Å². The normalized spacial score (nSPS) is 10.1. The Hall–Kier alpha value is -2.50. The first-order valence-electron chi connectivity index (χ1n) is 5.22. The third kappa shape index (κ3) is 2.27. The number of carbonyl (C=O) groups is 1. The Balaban J connectivity index is 2.28. The van der Waals surface area contributed by atoms with Crippen LogP contribution < -0.4 is 11.1 Å². The first kappa shape index (κ1) is 12.0. The highest BCUT2D eigenvalue weighted by Crippen LogP contribution is 2.16. The van der Waals surface area contributed by atoms with Crippen molar-refractivity contribution < 1.29 is 9.18 Å². The van der Waals surface area contributed by atoms with Crippen molar-refractivity contribution in [2.45, 2.75) is 6.92 Å². The Morgan fingerprint density at radius 1 is 1.33 bits per heavy atom. The van der Waals surface area contributed by atoms with Crippen molar-refractivity contribution in [3.63, 3.8) is 0 Å². The summed E-state index contributed by atoms with van der Waals surface area (Å²) in [5, 5.41) is 2.57. The molecule has 3 N–H and O–H groups in total. The van der Waals surface area contributed by atoms with Gasteiger partial charge >= 0.3 is 0 Å². The average Bonchev–Trinajstić information content (AvgIpc) is 2.35. The van der Waals surface area contributed by atoms with E-state index >= 15 is 0 Å². The first-order chi connectivity index (χ1) is 8.59. The van der Waals surface area contributed by atoms with Crippen LogP contribution in [0.2, 0.25) is 0 Å². The minimum atomic E-state index is -0.823. The van der Waals surface area contributed by atoms with Crippen molar-refractivity contribution in [1.82, 2.24) is 9.97 Å². The van der Waals surface area contributed by atoms with Gasteiger partial charge in [0.2, 0.25) is 0 Å². The summed E-state index contributed by atoms with van der Waals surface area (Å²) >= 11 is 0. The predicted molar refractivity (Wildman–Crippen MR) is 65.5 cm³/mol. The van der Waals surface area contributed by atoms with Gasteiger partial charge in [0.1, 0.15) is 0 Å². The van der Waals surface area contributed by atoms with Gasteiger partial charge in [0.25, 0.3) is 5.91 Å². The number of nitrogens with one attached hydrogen (secondary N) is 1. The van der Waals surface area contributed by atoms with Gasteiger partial charge in [-0.05, 0) is 25.1 Å². The minimum absolute atomic E-state index is 0.147. The summed E-state index contributed by atoms with van der Waals surface area (Å²) in [6.07, 6.45) is 2.89. The van der Waals surface area contributed by atoms with Crippen LogP contribution in [0.5, 0.6) is 0 Å². The van der Waals surface area contributed by atoms with Gasteiger partial charge < -0.3 is 11.1 Å². The number of halogens is 1. The van der Waals surface area contributed by atoms with E-state index in [1.807, 2.05) is 0 Å². The number of hydrogen-bond acceptors (Lipinski definition) is 4. The topological polar surface area (TPSA) is 80.9 Å². The molecule has 2 aromatic heterocycles. The van der Waals surface area contributed by atoms with Gasteiger partial charge in [-0.2, -0.15) is 0 Å². The molecule has 18 heavy (non-hydrogen) atoms. The number of nitrogens with zero attached hydrogens (tertiary/aromatic N) is 2. The van der Waals surface area contributed by atoms with Crippen LogP contribution in [-0.4, -0.2) is 15.9 Å². The molecule has 5 nitrogen and oxygen atoms in total. The van der Waals surface area contributed by atoms with Crippen LogP contribution in [0.15, 0.2) is 30.6 Å². The molecule has 0 aliphatic carbocycles. The van der Waals surface area contributed by atoms with Crippen LogP contribution in [-0.2, 0) is 0 Å². The third-order valence-corrected chi connectivity index (χ3v) is 2.42. The zero-order valence-corrected chi connectivity index (χ0v) is 9.64. The van der Waals surface area contributed by atoms with Crippen LogP contribution in [0.3, 0.4) is 0 Å². The van der Waals surface area contributed by atoms with Crippen LogP contribution in [0.4, 0.5) is 15.9 Å². The molecule has 0 atom stereocenters. The molecule has 6 heteroatoms. The van der Waals surface area contributed by atoms with Crippen LogP contribution >= 0.6 is 0 Å². The molecule has 0 spiro atoms. The Morgan fingerprint density at radius 3 is 2.83 bits per heavy atom. The average molecular weight is 246 g/mol. The molecule has 0 bridgehead atoms. The molecule has 1 amide bonds. The summed E-state index contributed by atoms with van der Waals surface area (Å²) in [6.45, 7) is 1.74. The Morgan fingerprint density at radius 2 is 2.11 bits per heavy atom. The quantitative estimate of drug-likeness (QED) is 0.846. The number of pyridine rings is 2. The molecule has 0 radical (unpaired) electrons. The summed E-state index contributed by atoms with van der Waals surface area (Å²) in [6, 6.07) is 4.63. The molecule has 2 aromatic rings. The maximum absolute atomic E-state index is 13.6. The van der Waals surface area contributed by atoms with Crippen molar-refractivity contribution in [2.75, 3.05) is 11.1 Å². The number of nitrogen functional groups attached to an aromatic ring is 1. The summed E-state index contributed by atoms with van der Waals surface area (Å²) in [5.74, 6) is -1.71. The molecule has 0 aromatic carbocycles. The molecular formula is C12H11FN4O. The second-order valence-corrected chi connectivity index (χ2v) is 3.65. The van der Waals surface area contributed by atoms with E-state index in [1.54, 1.807) is 25.3 Å². The zero-order chi connectivity index (χ0) is 13.1. The lowest BCUT2D eigenvalue weighted by molar-refractivity contribution is 0.102. The summed E-state index contributed by atoms with van der Waals surface area (Å²) in [5.41, 5.74) is 6.33. The highest BCUT2D eigenvalue weighted by Gasteiger charge is 2.15. The molecular weight excluding hydrogens is 235 g/mol. The van der Waals surface area contributed by atoms with Crippen molar-refractivity contribution >= 4 is 17.4 Å². The van der Waals surface area contributed by atoms with Crippen molar-refractivity contribution in [3.05, 3.63) is 47.7 Å². The number of aryl methyl sites for hydroxylation is 1. The maximum Gasteiger partial charge on any atom is 0.258 e. The highest BCUT2D eigenvalue weighted by molar-refractivity contribution is 6.05. The fraction of sp³-hybridized carbons (Fsp3) is 0.0833. The Labute approximate surface area is 103 Å². The summed E-state index contributed by atoms with van der Waals surface area (Å²) in [7, 11) is 0.